The van der Waals surface area contributed by atoms with E-state index < -0.39 is 6.10 Å². The van der Waals surface area contributed by atoms with Gasteiger partial charge in [0, 0.05) is 23.1 Å². The van der Waals surface area contributed by atoms with E-state index >= 15 is 0 Å². The summed E-state index contributed by atoms with van der Waals surface area (Å²) in [7, 11) is 0. The van der Waals surface area contributed by atoms with E-state index in [4.69, 9.17) is 10.5 Å². The fourth-order valence-corrected chi connectivity index (χ4v) is 3.30. The number of amides is 2. The Hall–Kier alpha value is -2.34. The number of rotatable bonds is 5. The van der Waals surface area contributed by atoms with Crippen molar-refractivity contribution in [2.24, 2.45) is 11.7 Å². The largest absolute Gasteiger partial charge is 0.476 e. The van der Waals surface area contributed by atoms with Crippen LogP contribution in [0.3, 0.4) is 0 Å². The number of ether oxygens (including phenoxy) is 1. The standard InChI is InChI=1S/C19H19BrN2O3/c20-15-7-4-8-16(11-15)25-17(13-5-2-1-3-6-13)19(24)22-10-9-14(12-22)18(21)23/h1-8,11,14,17H,9-10,12H2,(H2,21,23)/t14-,17-/m0/s1. The fourth-order valence-electron chi connectivity index (χ4n) is 2.92. The minimum Gasteiger partial charge on any atom is -0.476 e. The Bertz CT molecular complexity index is 766. The predicted octanol–water partition coefficient (Wildman–Crippen LogP) is 2.90. The third-order valence-electron chi connectivity index (χ3n) is 4.28. The number of hydrogen-bond donors (Lipinski definition) is 1. The lowest BCUT2D eigenvalue weighted by molar-refractivity contribution is -0.138. The van der Waals surface area contributed by atoms with E-state index in [9.17, 15) is 9.59 Å². The van der Waals surface area contributed by atoms with Gasteiger partial charge in [0.25, 0.3) is 5.91 Å². The van der Waals surface area contributed by atoms with E-state index in [2.05, 4.69) is 15.9 Å². The van der Waals surface area contributed by atoms with Gasteiger partial charge in [-0.15, -0.1) is 0 Å². The van der Waals surface area contributed by atoms with Crippen molar-refractivity contribution in [1.82, 2.24) is 4.90 Å². The predicted molar refractivity (Wildman–Crippen MR) is 97.8 cm³/mol. The second kappa shape index (κ2) is 7.70. The van der Waals surface area contributed by atoms with Crippen LogP contribution in [0.4, 0.5) is 0 Å². The molecule has 130 valence electrons. The van der Waals surface area contributed by atoms with Gasteiger partial charge in [0.2, 0.25) is 12.0 Å². The van der Waals surface area contributed by atoms with Crippen LogP contribution in [-0.4, -0.2) is 29.8 Å². The van der Waals surface area contributed by atoms with Crippen molar-refractivity contribution in [3.8, 4) is 5.75 Å². The topological polar surface area (TPSA) is 72.6 Å². The molecular formula is C19H19BrN2O3. The van der Waals surface area contributed by atoms with Crippen LogP contribution in [0.2, 0.25) is 0 Å². The van der Waals surface area contributed by atoms with E-state index in [1.54, 1.807) is 4.90 Å². The molecule has 25 heavy (non-hydrogen) atoms. The molecule has 0 aromatic heterocycles. The lowest BCUT2D eigenvalue weighted by Gasteiger charge is -2.24. The van der Waals surface area contributed by atoms with Crippen molar-refractivity contribution in [2.75, 3.05) is 13.1 Å². The molecule has 1 saturated heterocycles. The van der Waals surface area contributed by atoms with Crippen LogP contribution in [0.5, 0.6) is 5.75 Å². The average molecular weight is 403 g/mol. The first-order valence-corrected chi connectivity index (χ1v) is 8.89. The molecule has 2 amide bonds. The maximum Gasteiger partial charge on any atom is 0.268 e. The molecule has 1 fully saturated rings. The van der Waals surface area contributed by atoms with Gasteiger partial charge in [-0.25, -0.2) is 0 Å². The average Bonchev–Trinajstić information content (AvgIpc) is 3.10. The summed E-state index contributed by atoms with van der Waals surface area (Å²) in [4.78, 5) is 26.1. The number of primary amides is 1. The van der Waals surface area contributed by atoms with Crippen LogP contribution >= 0.6 is 15.9 Å². The molecule has 6 heteroatoms. The third kappa shape index (κ3) is 4.20. The Balaban J connectivity index is 1.84. The summed E-state index contributed by atoms with van der Waals surface area (Å²) in [5, 5.41) is 0. The molecule has 2 aromatic rings. The summed E-state index contributed by atoms with van der Waals surface area (Å²) in [5.74, 6) is -0.206. The molecule has 0 bridgehead atoms. The van der Waals surface area contributed by atoms with Gasteiger partial charge in [-0.05, 0) is 24.6 Å². The van der Waals surface area contributed by atoms with Crippen molar-refractivity contribution in [1.29, 1.82) is 0 Å². The number of carbonyl (C=O) groups is 2. The summed E-state index contributed by atoms with van der Waals surface area (Å²) in [5.41, 5.74) is 6.15. The molecule has 1 aliphatic rings. The van der Waals surface area contributed by atoms with Crippen molar-refractivity contribution in [3.05, 3.63) is 64.6 Å². The maximum atomic E-state index is 13.0. The molecule has 0 unspecified atom stereocenters. The van der Waals surface area contributed by atoms with Gasteiger partial charge in [-0.3, -0.25) is 9.59 Å². The lowest BCUT2D eigenvalue weighted by atomic mass is 10.1. The quantitative estimate of drug-likeness (QED) is 0.835. The molecule has 2 aromatic carbocycles. The van der Waals surface area contributed by atoms with Crippen LogP contribution in [0.25, 0.3) is 0 Å². The van der Waals surface area contributed by atoms with E-state index in [1.165, 1.54) is 0 Å². The summed E-state index contributed by atoms with van der Waals surface area (Å²) < 4.78 is 6.89. The molecule has 2 N–H and O–H groups in total. The van der Waals surface area contributed by atoms with Gasteiger partial charge >= 0.3 is 0 Å². The van der Waals surface area contributed by atoms with Gasteiger partial charge in [0.15, 0.2) is 0 Å². The summed E-state index contributed by atoms with van der Waals surface area (Å²) >= 11 is 3.41. The zero-order valence-corrected chi connectivity index (χ0v) is 15.2. The number of halogens is 1. The van der Waals surface area contributed by atoms with Gasteiger partial charge in [0.05, 0.1) is 5.92 Å². The van der Waals surface area contributed by atoms with Crippen LogP contribution < -0.4 is 10.5 Å². The Labute approximate surface area is 154 Å². The van der Waals surface area contributed by atoms with Crippen molar-refractivity contribution in [3.63, 3.8) is 0 Å². The Morgan fingerprint density at radius 3 is 2.56 bits per heavy atom. The zero-order chi connectivity index (χ0) is 17.8. The molecule has 1 heterocycles. The van der Waals surface area contributed by atoms with Gasteiger partial charge in [0.1, 0.15) is 5.75 Å². The third-order valence-corrected chi connectivity index (χ3v) is 4.77. The smallest absolute Gasteiger partial charge is 0.268 e. The van der Waals surface area contributed by atoms with Crippen molar-refractivity contribution >= 4 is 27.7 Å². The van der Waals surface area contributed by atoms with Gasteiger partial charge in [-0.1, -0.05) is 52.3 Å². The second-order valence-corrected chi connectivity index (χ2v) is 6.95. The van der Waals surface area contributed by atoms with Gasteiger partial charge in [-0.2, -0.15) is 0 Å². The van der Waals surface area contributed by atoms with E-state index in [0.717, 1.165) is 10.0 Å². The molecule has 3 rings (SSSR count). The first-order chi connectivity index (χ1) is 12.0. The first kappa shape index (κ1) is 17.5. The first-order valence-electron chi connectivity index (χ1n) is 8.10. The number of hydrogen-bond acceptors (Lipinski definition) is 3. The lowest BCUT2D eigenvalue weighted by Crippen LogP contribution is -2.37. The van der Waals surface area contributed by atoms with Crippen molar-refractivity contribution in [2.45, 2.75) is 12.5 Å². The molecule has 0 saturated carbocycles. The van der Waals surface area contributed by atoms with E-state index in [1.807, 2.05) is 54.6 Å². The maximum absolute atomic E-state index is 13.0. The van der Waals surface area contributed by atoms with Crippen LogP contribution in [0.15, 0.2) is 59.1 Å². The second-order valence-electron chi connectivity index (χ2n) is 6.04. The minimum atomic E-state index is -0.762. The number of benzene rings is 2. The number of nitrogens with zero attached hydrogens (tertiary/aromatic N) is 1. The molecule has 5 nitrogen and oxygen atoms in total. The van der Waals surface area contributed by atoms with Crippen LogP contribution in [0.1, 0.15) is 18.1 Å². The highest BCUT2D eigenvalue weighted by Gasteiger charge is 2.35. The van der Waals surface area contributed by atoms with Crippen LogP contribution in [0, 0.1) is 5.92 Å². The number of carbonyl (C=O) groups excluding carboxylic acids is 2. The molecule has 0 radical (unpaired) electrons. The highest BCUT2D eigenvalue weighted by molar-refractivity contribution is 9.10. The Morgan fingerprint density at radius 1 is 1.16 bits per heavy atom. The molecule has 0 spiro atoms. The van der Waals surface area contributed by atoms with Gasteiger partial charge < -0.3 is 15.4 Å². The van der Waals surface area contributed by atoms with Crippen LogP contribution in [-0.2, 0) is 9.59 Å². The number of nitrogens with two attached hydrogens (primary N) is 1. The Morgan fingerprint density at radius 2 is 1.92 bits per heavy atom. The number of likely N-dealkylation sites (tertiary alicyclic amines) is 1. The highest BCUT2D eigenvalue weighted by Crippen LogP contribution is 2.28. The molecule has 2 atom stereocenters. The Kier molecular flexibility index (Phi) is 5.38. The minimum absolute atomic E-state index is 0.157. The molecule has 0 aliphatic carbocycles. The monoisotopic (exact) mass is 402 g/mol. The normalized spacial score (nSPS) is 18.0. The van der Waals surface area contributed by atoms with E-state index in [-0.39, 0.29) is 17.7 Å². The molecule has 1 aliphatic heterocycles. The fraction of sp³-hybridized carbons (Fsp3) is 0.263. The van der Waals surface area contributed by atoms with Crippen molar-refractivity contribution < 1.29 is 14.3 Å². The summed E-state index contributed by atoms with van der Waals surface area (Å²) in [6.07, 6.45) is -0.165. The van der Waals surface area contributed by atoms with E-state index in [0.29, 0.717) is 25.3 Å². The zero-order valence-electron chi connectivity index (χ0n) is 13.6. The summed E-state index contributed by atoms with van der Waals surface area (Å²) in [6, 6.07) is 16.7. The summed E-state index contributed by atoms with van der Waals surface area (Å²) in [6.45, 7) is 0.858. The SMILES string of the molecule is NC(=O)[C@H]1CCN(C(=O)[C@@H](Oc2cccc(Br)c2)c2ccccc2)C1. The molecular weight excluding hydrogens is 384 g/mol. The highest BCUT2D eigenvalue weighted by atomic mass is 79.9.